The van der Waals surface area contributed by atoms with E-state index in [2.05, 4.69) is 4.74 Å². The van der Waals surface area contributed by atoms with E-state index in [-0.39, 0.29) is 58.0 Å². The summed E-state index contributed by atoms with van der Waals surface area (Å²) >= 11 is 0. The summed E-state index contributed by atoms with van der Waals surface area (Å²) in [5, 5.41) is 9.40. The number of methoxy groups -OCH3 is 1. The van der Waals surface area contributed by atoms with Crippen molar-refractivity contribution in [2.24, 2.45) is 0 Å². The van der Waals surface area contributed by atoms with Crippen molar-refractivity contribution in [2.75, 3.05) is 20.3 Å². The summed E-state index contributed by atoms with van der Waals surface area (Å²) in [6.45, 7) is 0.205. The second-order valence-electron chi connectivity index (χ2n) is 0.697. The molecule has 6 heavy (non-hydrogen) atoms. The van der Waals surface area contributed by atoms with Crippen LogP contribution in [0.5, 0.6) is 0 Å². The Morgan fingerprint density at radius 3 is 2.17 bits per heavy atom. The maximum atomic E-state index is 9.40. The summed E-state index contributed by atoms with van der Waals surface area (Å²) in [5.74, 6) is 0. The molecule has 0 saturated carbocycles. The Hall–Kier alpha value is 1.56. The summed E-state index contributed by atoms with van der Waals surface area (Å²) < 4.78 is 4.38. The number of hydrogen-bond donors (Lipinski definition) is 0. The third kappa shape index (κ3) is 9.12. The van der Waals surface area contributed by atoms with Crippen molar-refractivity contribution >= 4 is 0 Å². The van der Waals surface area contributed by atoms with Crippen molar-refractivity contribution in [1.82, 2.24) is 0 Å². The first kappa shape index (κ1) is 10.5. The fourth-order valence-corrected chi connectivity index (χ4v) is 0.0833. The van der Waals surface area contributed by atoms with E-state index >= 15 is 0 Å². The minimum Gasteiger partial charge on any atom is -0.853 e. The maximum absolute atomic E-state index is 9.40. The molecule has 0 saturated heterocycles. The molecule has 3 heteroatoms. The molecule has 0 atom stereocenters. The molecule has 0 N–H and O–H groups in total. The first-order valence-electron chi connectivity index (χ1n) is 1.49. The van der Waals surface area contributed by atoms with E-state index in [0.717, 1.165) is 0 Å². The molecule has 0 rings (SSSR count). The van der Waals surface area contributed by atoms with Gasteiger partial charge in [0, 0.05) is 13.7 Å². The molecule has 32 valence electrons. The Bertz CT molecular complexity index is 16.3. The van der Waals surface area contributed by atoms with Gasteiger partial charge in [0.15, 0.2) is 0 Å². The zero-order valence-electron chi connectivity index (χ0n) is 4.23. The molecule has 0 radical (unpaired) electrons. The quantitative estimate of drug-likeness (QED) is 0.343. The van der Waals surface area contributed by atoms with Gasteiger partial charge in [-0.2, -0.15) is 0 Å². The van der Waals surface area contributed by atoms with Crippen LogP contribution in [0.2, 0.25) is 0 Å². The normalized spacial score (nSPS) is 7.00. The minimum atomic E-state index is -0.128. The van der Waals surface area contributed by atoms with Gasteiger partial charge in [-0.15, -0.1) is 6.61 Å². The predicted molar refractivity (Wildman–Crippen MR) is 16.7 cm³/mol. The fourth-order valence-electron chi connectivity index (χ4n) is 0.0833. The van der Waals surface area contributed by atoms with E-state index in [1.54, 1.807) is 0 Å². The van der Waals surface area contributed by atoms with Gasteiger partial charge < -0.3 is 9.84 Å². The topological polar surface area (TPSA) is 32.3 Å². The fraction of sp³-hybridized carbons (Fsp3) is 1.00. The zero-order chi connectivity index (χ0) is 4.12. The zero-order valence-corrected chi connectivity index (χ0v) is 7.35. The molecule has 0 bridgehead atoms. The summed E-state index contributed by atoms with van der Waals surface area (Å²) in [5.41, 5.74) is 0. The van der Waals surface area contributed by atoms with Crippen molar-refractivity contribution in [1.29, 1.82) is 0 Å². The molecule has 0 spiro atoms. The molecule has 0 aromatic rings. The molecule has 0 aromatic heterocycles. The summed E-state index contributed by atoms with van der Waals surface area (Å²) in [7, 11) is 1.51. The van der Waals surface area contributed by atoms with E-state index in [4.69, 9.17) is 0 Å². The van der Waals surface area contributed by atoms with Crippen LogP contribution < -0.4 is 56.5 Å². The van der Waals surface area contributed by atoms with Gasteiger partial charge in [-0.1, -0.05) is 0 Å². The Kier molecular flexibility index (Phi) is 17.1. The number of rotatable bonds is 2. The molecular formula is C3H7KO2. The van der Waals surface area contributed by atoms with Gasteiger partial charge in [0.25, 0.3) is 0 Å². The SMILES string of the molecule is COCC[O-].[K+]. The summed E-state index contributed by atoms with van der Waals surface area (Å²) in [6.07, 6.45) is 0. The molecule has 0 unspecified atom stereocenters. The summed E-state index contributed by atoms with van der Waals surface area (Å²) in [6, 6.07) is 0. The standard InChI is InChI=1S/C3H7O2.K/c1-5-3-2-4;/h2-3H2,1H3;/q-1;+1. The molecule has 0 amide bonds. The third-order valence-corrected chi connectivity index (χ3v) is 0.287. The van der Waals surface area contributed by atoms with Gasteiger partial charge in [-0.05, 0) is 0 Å². The van der Waals surface area contributed by atoms with Crippen LogP contribution in [0.25, 0.3) is 0 Å². The monoisotopic (exact) mass is 114 g/mol. The van der Waals surface area contributed by atoms with Crippen LogP contribution in [0.1, 0.15) is 0 Å². The minimum absolute atomic E-state index is 0. The molecule has 0 fully saturated rings. The Labute approximate surface area is 80.3 Å². The molecule has 2 nitrogen and oxygen atoms in total. The molecule has 0 heterocycles. The Balaban J connectivity index is 0. The van der Waals surface area contributed by atoms with E-state index in [1.807, 2.05) is 0 Å². The molecular weight excluding hydrogens is 107 g/mol. The van der Waals surface area contributed by atoms with Crippen LogP contribution in [-0.2, 0) is 4.74 Å². The van der Waals surface area contributed by atoms with E-state index < -0.39 is 0 Å². The van der Waals surface area contributed by atoms with Crippen LogP contribution in [0.4, 0.5) is 0 Å². The summed E-state index contributed by atoms with van der Waals surface area (Å²) in [4.78, 5) is 0. The van der Waals surface area contributed by atoms with Crippen LogP contribution in [-0.4, -0.2) is 20.3 Å². The maximum Gasteiger partial charge on any atom is 1.00 e. The van der Waals surface area contributed by atoms with Crippen LogP contribution in [0.3, 0.4) is 0 Å². The number of ether oxygens (including phenoxy) is 1. The van der Waals surface area contributed by atoms with Crippen molar-refractivity contribution in [2.45, 2.75) is 0 Å². The van der Waals surface area contributed by atoms with Crippen molar-refractivity contribution in [3.8, 4) is 0 Å². The smallest absolute Gasteiger partial charge is 0.853 e. The Morgan fingerprint density at radius 1 is 1.67 bits per heavy atom. The van der Waals surface area contributed by atoms with E-state index in [0.29, 0.717) is 6.61 Å². The van der Waals surface area contributed by atoms with Crippen molar-refractivity contribution < 1.29 is 61.2 Å². The Morgan fingerprint density at radius 2 is 2.17 bits per heavy atom. The third-order valence-electron chi connectivity index (χ3n) is 0.287. The first-order chi connectivity index (χ1) is 2.41. The van der Waals surface area contributed by atoms with Crippen LogP contribution in [0, 0.1) is 0 Å². The molecule has 0 aliphatic rings. The van der Waals surface area contributed by atoms with Gasteiger partial charge in [0.1, 0.15) is 0 Å². The average Bonchev–Trinajstić information content (AvgIpc) is 1.41. The molecule has 0 aliphatic heterocycles. The second-order valence-corrected chi connectivity index (χ2v) is 0.697. The molecule has 0 aromatic carbocycles. The van der Waals surface area contributed by atoms with Gasteiger partial charge in [-0.25, -0.2) is 0 Å². The number of hydrogen-bond acceptors (Lipinski definition) is 2. The van der Waals surface area contributed by atoms with Crippen LogP contribution >= 0.6 is 0 Å². The van der Waals surface area contributed by atoms with Gasteiger partial charge in [0.05, 0.1) is 0 Å². The van der Waals surface area contributed by atoms with Gasteiger partial charge in [0.2, 0.25) is 0 Å². The van der Waals surface area contributed by atoms with E-state index in [9.17, 15) is 5.11 Å². The van der Waals surface area contributed by atoms with Crippen molar-refractivity contribution in [3.63, 3.8) is 0 Å². The van der Waals surface area contributed by atoms with E-state index in [1.165, 1.54) is 7.11 Å². The van der Waals surface area contributed by atoms with Crippen molar-refractivity contribution in [3.05, 3.63) is 0 Å². The predicted octanol–water partition coefficient (Wildman–Crippen LogP) is -4.00. The van der Waals surface area contributed by atoms with Crippen LogP contribution in [0.15, 0.2) is 0 Å². The largest absolute Gasteiger partial charge is 1.00 e. The molecule has 0 aliphatic carbocycles. The average molecular weight is 114 g/mol. The van der Waals surface area contributed by atoms with Gasteiger partial charge in [-0.3, -0.25) is 0 Å². The second kappa shape index (κ2) is 9.75. The van der Waals surface area contributed by atoms with Gasteiger partial charge >= 0.3 is 51.4 Å². The first-order valence-corrected chi connectivity index (χ1v) is 1.49.